The van der Waals surface area contributed by atoms with Crippen LogP contribution in [-0.4, -0.2) is 16.2 Å². The Kier molecular flexibility index (Phi) is 5.28. The molecule has 3 N–H and O–H groups in total. The monoisotopic (exact) mass is 359 g/mol. The molecule has 0 radical (unpaired) electrons. The highest BCUT2D eigenvalue weighted by Gasteiger charge is 2.02. The highest BCUT2D eigenvalue weighted by Crippen LogP contribution is 2.20. The van der Waals surface area contributed by atoms with Crippen LogP contribution in [0.15, 0.2) is 71.7 Å². The summed E-state index contributed by atoms with van der Waals surface area (Å²) in [6.07, 6.45) is 5.38. The second kappa shape index (κ2) is 7.97. The summed E-state index contributed by atoms with van der Waals surface area (Å²) in [6, 6.07) is 18.8. The third-order valence-electron chi connectivity index (χ3n) is 3.87. The Hall–Kier alpha value is -3.93. The lowest BCUT2D eigenvalue weighted by molar-refractivity contribution is -0.384. The van der Waals surface area contributed by atoms with Crippen LogP contribution < -0.4 is 5.73 Å². The predicted molar refractivity (Wildman–Crippen MR) is 108 cm³/mol. The number of rotatable bonds is 5. The fourth-order valence-corrected chi connectivity index (χ4v) is 2.39. The number of phenols is 1. The molecule has 0 fully saturated rings. The smallest absolute Gasteiger partial charge is 0.269 e. The molecule has 134 valence electrons. The average molecular weight is 359 g/mol. The topological polar surface area (TPSA) is 102 Å². The zero-order chi connectivity index (χ0) is 19.2. The van der Waals surface area contributed by atoms with Gasteiger partial charge in [-0.05, 0) is 47.5 Å². The first kappa shape index (κ1) is 17.9. The third-order valence-corrected chi connectivity index (χ3v) is 3.87. The number of hydrogen-bond acceptors (Lipinski definition) is 5. The number of nitrogens with zero attached hydrogens (tertiary/aromatic N) is 2. The maximum atomic E-state index is 10.7. The number of anilines is 1. The predicted octanol–water partition coefficient (Wildman–Crippen LogP) is 4.80. The summed E-state index contributed by atoms with van der Waals surface area (Å²) < 4.78 is 0. The van der Waals surface area contributed by atoms with E-state index in [9.17, 15) is 15.2 Å². The summed E-state index contributed by atoms with van der Waals surface area (Å²) in [5.74, 6) is 0.0846. The van der Waals surface area contributed by atoms with E-state index in [-0.39, 0.29) is 11.4 Å². The van der Waals surface area contributed by atoms with E-state index in [1.165, 1.54) is 18.2 Å². The number of nitro benzene ring substituents is 1. The second-order valence-electron chi connectivity index (χ2n) is 5.85. The lowest BCUT2D eigenvalue weighted by Crippen LogP contribution is -1.87. The Morgan fingerprint density at radius 2 is 1.52 bits per heavy atom. The minimum Gasteiger partial charge on any atom is -0.507 e. The van der Waals surface area contributed by atoms with Crippen LogP contribution in [0, 0.1) is 10.1 Å². The summed E-state index contributed by atoms with van der Waals surface area (Å²) in [4.78, 5) is 14.6. The van der Waals surface area contributed by atoms with Crippen molar-refractivity contribution < 1.29 is 10.0 Å². The number of phenolic OH excluding ortho intramolecular Hbond substituents is 1. The number of aromatic hydroxyl groups is 1. The first-order valence-corrected chi connectivity index (χ1v) is 8.16. The summed E-state index contributed by atoms with van der Waals surface area (Å²) >= 11 is 0. The van der Waals surface area contributed by atoms with Crippen molar-refractivity contribution in [3.63, 3.8) is 0 Å². The largest absolute Gasteiger partial charge is 0.507 e. The fraction of sp³-hybridized carbons (Fsp3) is 0. The number of aliphatic imine (C=N–C) groups is 1. The van der Waals surface area contributed by atoms with Gasteiger partial charge in [-0.15, -0.1) is 0 Å². The van der Waals surface area contributed by atoms with Gasteiger partial charge < -0.3 is 10.8 Å². The molecular formula is C21H17N3O3. The van der Waals surface area contributed by atoms with Crippen LogP contribution in [0.4, 0.5) is 17.1 Å². The Bertz CT molecular complexity index is 1010. The molecule has 0 aliphatic heterocycles. The van der Waals surface area contributed by atoms with Crippen molar-refractivity contribution in [2.24, 2.45) is 4.99 Å². The molecule has 6 heteroatoms. The Balaban J connectivity index is 1.67. The van der Waals surface area contributed by atoms with Crippen LogP contribution >= 0.6 is 0 Å². The van der Waals surface area contributed by atoms with Crippen molar-refractivity contribution in [1.29, 1.82) is 0 Å². The first-order chi connectivity index (χ1) is 13.0. The van der Waals surface area contributed by atoms with E-state index in [2.05, 4.69) is 4.99 Å². The van der Waals surface area contributed by atoms with E-state index in [0.29, 0.717) is 11.3 Å². The first-order valence-electron chi connectivity index (χ1n) is 8.16. The summed E-state index contributed by atoms with van der Waals surface area (Å²) in [7, 11) is 0. The zero-order valence-corrected chi connectivity index (χ0v) is 14.3. The molecule has 0 aromatic heterocycles. The summed E-state index contributed by atoms with van der Waals surface area (Å²) in [6.45, 7) is 0. The average Bonchev–Trinajstić information content (AvgIpc) is 2.67. The molecule has 3 aromatic carbocycles. The summed E-state index contributed by atoms with van der Waals surface area (Å²) in [5, 5.41) is 20.5. The van der Waals surface area contributed by atoms with Gasteiger partial charge in [0.25, 0.3) is 5.69 Å². The lowest BCUT2D eigenvalue weighted by atomic mass is 10.1. The van der Waals surface area contributed by atoms with Crippen LogP contribution in [-0.2, 0) is 0 Å². The number of nitrogen functional groups attached to an aromatic ring is 1. The van der Waals surface area contributed by atoms with E-state index in [0.717, 1.165) is 16.8 Å². The van der Waals surface area contributed by atoms with Gasteiger partial charge in [-0.1, -0.05) is 24.3 Å². The zero-order valence-electron chi connectivity index (χ0n) is 14.3. The van der Waals surface area contributed by atoms with Crippen LogP contribution in [0.2, 0.25) is 0 Å². The maximum absolute atomic E-state index is 10.7. The number of hydrogen-bond donors (Lipinski definition) is 2. The van der Waals surface area contributed by atoms with E-state index in [4.69, 9.17) is 5.73 Å². The standard InChI is InChI=1S/C21H17N3O3/c22-18-8-7-17(21(25)13-18)14-23-19-9-3-15(4-10-19)1-2-16-5-11-20(12-6-16)24(26)27/h1-14,25H,22H2. The summed E-state index contributed by atoms with van der Waals surface area (Å²) in [5.41, 5.74) is 9.36. The highest BCUT2D eigenvalue weighted by atomic mass is 16.6. The van der Waals surface area contributed by atoms with Gasteiger partial charge in [-0.3, -0.25) is 15.1 Å². The molecule has 0 aliphatic carbocycles. The van der Waals surface area contributed by atoms with Crippen LogP contribution in [0.3, 0.4) is 0 Å². The second-order valence-corrected chi connectivity index (χ2v) is 5.85. The molecule has 6 nitrogen and oxygen atoms in total. The molecule has 27 heavy (non-hydrogen) atoms. The minimum atomic E-state index is -0.420. The Morgan fingerprint density at radius 3 is 2.07 bits per heavy atom. The molecule has 3 rings (SSSR count). The van der Waals surface area contributed by atoms with E-state index in [1.807, 2.05) is 36.4 Å². The molecular weight excluding hydrogens is 342 g/mol. The molecule has 0 saturated carbocycles. The lowest BCUT2D eigenvalue weighted by Gasteiger charge is -2.00. The van der Waals surface area contributed by atoms with Crippen molar-refractivity contribution in [3.05, 3.63) is 93.5 Å². The quantitative estimate of drug-likeness (QED) is 0.224. The van der Waals surface area contributed by atoms with Crippen molar-refractivity contribution in [2.75, 3.05) is 5.73 Å². The van der Waals surface area contributed by atoms with Gasteiger partial charge in [0, 0.05) is 35.7 Å². The van der Waals surface area contributed by atoms with Gasteiger partial charge in [-0.2, -0.15) is 0 Å². The number of nitro groups is 1. The Morgan fingerprint density at radius 1 is 0.926 bits per heavy atom. The SMILES string of the molecule is Nc1ccc(C=Nc2ccc(C=Cc3ccc([N+](=O)[O-])cc3)cc2)c(O)c1. The van der Waals surface area contributed by atoms with Crippen LogP contribution in [0.1, 0.15) is 16.7 Å². The molecule has 0 spiro atoms. The van der Waals surface area contributed by atoms with E-state index >= 15 is 0 Å². The van der Waals surface area contributed by atoms with Gasteiger partial charge in [0.2, 0.25) is 0 Å². The molecule has 0 heterocycles. The van der Waals surface area contributed by atoms with Gasteiger partial charge in [-0.25, -0.2) is 0 Å². The van der Waals surface area contributed by atoms with Gasteiger partial charge in [0.1, 0.15) is 5.75 Å². The molecule has 0 unspecified atom stereocenters. The van der Waals surface area contributed by atoms with Gasteiger partial charge in [0.15, 0.2) is 0 Å². The van der Waals surface area contributed by atoms with Gasteiger partial charge in [0.05, 0.1) is 10.6 Å². The van der Waals surface area contributed by atoms with E-state index in [1.54, 1.807) is 30.5 Å². The van der Waals surface area contributed by atoms with Crippen molar-refractivity contribution in [3.8, 4) is 5.75 Å². The minimum absolute atomic E-state index is 0.0708. The molecule has 0 atom stereocenters. The molecule has 3 aromatic rings. The molecule has 0 bridgehead atoms. The molecule has 0 aliphatic rings. The normalized spacial score (nSPS) is 11.3. The van der Waals surface area contributed by atoms with Crippen LogP contribution in [0.5, 0.6) is 5.75 Å². The molecule has 0 saturated heterocycles. The maximum Gasteiger partial charge on any atom is 0.269 e. The fourth-order valence-electron chi connectivity index (χ4n) is 2.39. The van der Waals surface area contributed by atoms with Gasteiger partial charge >= 0.3 is 0 Å². The van der Waals surface area contributed by atoms with Crippen LogP contribution in [0.25, 0.3) is 12.2 Å². The van der Waals surface area contributed by atoms with E-state index < -0.39 is 4.92 Å². The number of nitrogens with two attached hydrogens (primary N) is 1. The Labute approximate surface area is 156 Å². The highest BCUT2D eigenvalue weighted by molar-refractivity contribution is 5.86. The number of benzene rings is 3. The number of non-ortho nitro benzene ring substituents is 1. The molecule has 0 amide bonds. The third kappa shape index (κ3) is 4.79. The van der Waals surface area contributed by atoms with Crippen molar-refractivity contribution in [1.82, 2.24) is 0 Å². The van der Waals surface area contributed by atoms with Crippen molar-refractivity contribution >= 4 is 35.4 Å². The van der Waals surface area contributed by atoms with Crippen molar-refractivity contribution in [2.45, 2.75) is 0 Å².